The van der Waals surface area contributed by atoms with Crippen molar-refractivity contribution >= 4 is 27.3 Å². The van der Waals surface area contributed by atoms with Crippen molar-refractivity contribution in [3.63, 3.8) is 0 Å². The number of nitrogens with zero attached hydrogens (tertiary/aromatic N) is 3. The van der Waals surface area contributed by atoms with Crippen LogP contribution in [0.4, 0.5) is 11.4 Å². The van der Waals surface area contributed by atoms with Crippen molar-refractivity contribution in [1.29, 1.82) is 0 Å². The molecule has 10 heteroatoms. The standard InChI is InChI=1S/C24H24N4O5S/c1-17-7-8-18(15-23(17)28(30)31)24(29)26-20-9-11-21(12-10-20)34(32,33)27-14-3-2-6-22(27)19-5-4-13-25-16-19/h4-5,7-13,15-16,22H,2-3,6,14H2,1H3,(H,26,29)/t22-/m0/s1. The molecule has 1 aliphatic heterocycles. The Kier molecular flexibility index (Phi) is 6.71. The van der Waals surface area contributed by atoms with Crippen molar-refractivity contribution in [3.8, 4) is 0 Å². The second-order valence-corrected chi connectivity index (χ2v) is 10.0. The normalized spacial score (nSPS) is 16.7. The first-order chi connectivity index (χ1) is 16.3. The van der Waals surface area contributed by atoms with Gasteiger partial charge in [-0.2, -0.15) is 4.31 Å². The van der Waals surface area contributed by atoms with Gasteiger partial charge in [-0.3, -0.25) is 19.9 Å². The molecular weight excluding hydrogens is 456 g/mol. The minimum Gasteiger partial charge on any atom is -0.322 e. The van der Waals surface area contributed by atoms with E-state index in [2.05, 4.69) is 10.3 Å². The summed E-state index contributed by atoms with van der Waals surface area (Å²) in [5, 5.41) is 13.8. The smallest absolute Gasteiger partial charge is 0.273 e. The molecule has 9 nitrogen and oxygen atoms in total. The van der Waals surface area contributed by atoms with E-state index in [1.165, 1.54) is 46.8 Å². The molecule has 0 radical (unpaired) electrons. The SMILES string of the molecule is Cc1ccc(C(=O)Nc2ccc(S(=O)(=O)N3CCCC[C@H]3c3cccnc3)cc2)cc1[N+](=O)[O-]. The van der Waals surface area contributed by atoms with Crippen molar-refractivity contribution in [3.05, 3.63) is 93.8 Å². The number of nitro groups is 1. The number of pyridine rings is 1. The highest BCUT2D eigenvalue weighted by Gasteiger charge is 2.34. The number of rotatable bonds is 6. The Labute approximate surface area is 197 Å². The lowest BCUT2D eigenvalue weighted by atomic mass is 9.99. The van der Waals surface area contributed by atoms with Crippen LogP contribution in [0.3, 0.4) is 0 Å². The topological polar surface area (TPSA) is 123 Å². The molecule has 1 saturated heterocycles. The molecule has 4 rings (SSSR count). The third-order valence-electron chi connectivity index (χ3n) is 5.91. The molecule has 0 saturated carbocycles. The van der Waals surface area contributed by atoms with E-state index >= 15 is 0 Å². The van der Waals surface area contributed by atoms with Gasteiger partial charge in [-0.25, -0.2) is 8.42 Å². The first-order valence-electron chi connectivity index (χ1n) is 10.9. The second-order valence-electron chi connectivity index (χ2n) is 8.15. The summed E-state index contributed by atoms with van der Waals surface area (Å²) >= 11 is 0. The zero-order chi connectivity index (χ0) is 24.3. The first kappa shape index (κ1) is 23.5. The number of benzene rings is 2. The van der Waals surface area contributed by atoms with Crippen molar-refractivity contribution < 1.29 is 18.1 Å². The number of carbonyl (C=O) groups excluding carboxylic acids is 1. The number of aryl methyl sites for hydroxylation is 1. The van der Waals surface area contributed by atoms with Gasteiger partial charge in [0.25, 0.3) is 11.6 Å². The molecule has 2 aromatic carbocycles. The van der Waals surface area contributed by atoms with Gasteiger partial charge in [-0.15, -0.1) is 0 Å². The molecule has 2 heterocycles. The number of piperidine rings is 1. The van der Waals surface area contributed by atoms with Gasteiger partial charge in [-0.05, 0) is 61.7 Å². The average molecular weight is 481 g/mol. The Bertz CT molecular complexity index is 1310. The van der Waals surface area contributed by atoms with E-state index in [-0.39, 0.29) is 22.2 Å². The van der Waals surface area contributed by atoms with Crippen molar-refractivity contribution in [1.82, 2.24) is 9.29 Å². The van der Waals surface area contributed by atoms with Crippen LogP contribution in [0.2, 0.25) is 0 Å². The van der Waals surface area contributed by atoms with E-state index in [0.717, 1.165) is 24.8 Å². The number of hydrogen-bond donors (Lipinski definition) is 1. The number of amides is 1. The lowest BCUT2D eigenvalue weighted by molar-refractivity contribution is -0.385. The number of hydrogen-bond acceptors (Lipinski definition) is 6. The second kappa shape index (κ2) is 9.70. The summed E-state index contributed by atoms with van der Waals surface area (Å²) in [6.45, 7) is 2.02. The summed E-state index contributed by atoms with van der Waals surface area (Å²) in [6.07, 6.45) is 5.81. The van der Waals surface area contributed by atoms with Gasteiger partial charge in [0, 0.05) is 41.8 Å². The number of carbonyl (C=O) groups is 1. The Balaban J connectivity index is 1.53. The Morgan fingerprint density at radius 2 is 1.91 bits per heavy atom. The van der Waals surface area contributed by atoms with Gasteiger partial charge >= 0.3 is 0 Å². The fourth-order valence-electron chi connectivity index (χ4n) is 4.10. The van der Waals surface area contributed by atoms with Gasteiger partial charge in [-0.1, -0.05) is 18.6 Å². The van der Waals surface area contributed by atoms with Crippen LogP contribution in [0, 0.1) is 17.0 Å². The van der Waals surface area contributed by atoms with E-state index in [9.17, 15) is 23.3 Å². The molecule has 1 aromatic heterocycles. The summed E-state index contributed by atoms with van der Waals surface area (Å²) in [6, 6.07) is 13.6. The van der Waals surface area contributed by atoms with Crippen molar-refractivity contribution in [2.45, 2.75) is 37.1 Å². The summed E-state index contributed by atoms with van der Waals surface area (Å²) < 4.78 is 28.3. The molecule has 0 unspecified atom stereocenters. The third-order valence-corrected chi connectivity index (χ3v) is 7.83. The summed E-state index contributed by atoms with van der Waals surface area (Å²) in [7, 11) is -3.76. The number of aromatic nitrogens is 1. The zero-order valence-electron chi connectivity index (χ0n) is 18.5. The quantitative estimate of drug-likeness (QED) is 0.410. The van der Waals surface area contributed by atoms with Crippen LogP contribution in [0.25, 0.3) is 0 Å². The molecule has 34 heavy (non-hydrogen) atoms. The summed E-state index contributed by atoms with van der Waals surface area (Å²) in [5.74, 6) is -0.522. The fourth-order valence-corrected chi connectivity index (χ4v) is 5.78. The van der Waals surface area contributed by atoms with Crippen LogP contribution in [0.15, 0.2) is 71.9 Å². The van der Waals surface area contributed by atoms with Crippen molar-refractivity contribution in [2.75, 3.05) is 11.9 Å². The third kappa shape index (κ3) is 4.82. The van der Waals surface area contributed by atoms with E-state index < -0.39 is 20.9 Å². The summed E-state index contributed by atoms with van der Waals surface area (Å²) in [5.41, 5.74) is 1.70. The van der Waals surface area contributed by atoms with Crippen LogP contribution in [0.1, 0.15) is 46.8 Å². The molecule has 0 aliphatic carbocycles. The molecular formula is C24H24N4O5S. The number of nitro benzene ring substituents is 1. The van der Waals surface area contributed by atoms with Crippen LogP contribution in [0.5, 0.6) is 0 Å². The summed E-state index contributed by atoms with van der Waals surface area (Å²) in [4.78, 5) is 27.4. The number of anilines is 1. The molecule has 0 spiro atoms. The predicted molar refractivity (Wildman–Crippen MR) is 127 cm³/mol. The maximum absolute atomic E-state index is 13.4. The minimum absolute atomic E-state index is 0.132. The average Bonchev–Trinajstić information content (AvgIpc) is 2.85. The molecule has 1 atom stereocenters. The number of nitrogens with one attached hydrogen (secondary N) is 1. The van der Waals surface area contributed by atoms with Crippen molar-refractivity contribution in [2.24, 2.45) is 0 Å². The zero-order valence-corrected chi connectivity index (χ0v) is 19.4. The lowest BCUT2D eigenvalue weighted by Gasteiger charge is -2.34. The van der Waals surface area contributed by atoms with Gasteiger partial charge in [0.2, 0.25) is 10.0 Å². The van der Waals surface area contributed by atoms with Gasteiger partial charge in [0.05, 0.1) is 15.9 Å². The molecule has 3 aromatic rings. The Hall–Kier alpha value is -3.63. The Morgan fingerprint density at radius 1 is 1.15 bits per heavy atom. The number of sulfonamides is 1. The van der Waals surface area contributed by atoms with E-state index in [0.29, 0.717) is 17.8 Å². The van der Waals surface area contributed by atoms with Crippen LogP contribution >= 0.6 is 0 Å². The van der Waals surface area contributed by atoms with Crippen LogP contribution in [-0.4, -0.2) is 35.1 Å². The lowest BCUT2D eigenvalue weighted by Crippen LogP contribution is -2.38. The fraction of sp³-hybridized carbons (Fsp3) is 0.250. The maximum atomic E-state index is 13.4. The maximum Gasteiger partial charge on any atom is 0.273 e. The van der Waals surface area contributed by atoms with Gasteiger partial charge < -0.3 is 5.32 Å². The van der Waals surface area contributed by atoms with E-state index in [1.807, 2.05) is 6.07 Å². The highest BCUT2D eigenvalue weighted by Crippen LogP contribution is 2.35. The molecule has 1 N–H and O–H groups in total. The molecule has 176 valence electrons. The van der Waals surface area contributed by atoms with Gasteiger partial charge in [0.15, 0.2) is 0 Å². The molecule has 1 amide bonds. The highest BCUT2D eigenvalue weighted by molar-refractivity contribution is 7.89. The van der Waals surface area contributed by atoms with Crippen LogP contribution in [-0.2, 0) is 10.0 Å². The minimum atomic E-state index is -3.76. The highest BCUT2D eigenvalue weighted by atomic mass is 32.2. The first-order valence-corrected chi connectivity index (χ1v) is 12.3. The largest absolute Gasteiger partial charge is 0.322 e. The molecule has 0 bridgehead atoms. The molecule has 1 fully saturated rings. The Morgan fingerprint density at radius 3 is 2.59 bits per heavy atom. The van der Waals surface area contributed by atoms with Gasteiger partial charge in [0.1, 0.15) is 0 Å². The molecule has 1 aliphatic rings. The predicted octanol–water partition coefficient (Wildman–Crippen LogP) is 4.47. The van der Waals surface area contributed by atoms with E-state index in [4.69, 9.17) is 0 Å². The van der Waals surface area contributed by atoms with E-state index in [1.54, 1.807) is 25.4 Å². The van der Waals surface area contributed by atoms with Crippen LogP contribution < -0.4 is 5.32 Å². The monoisotopic (exact) mass is 480 g/mol.